The lowest BCUT2D eigenvalue weighted by molar-refractivity contribution is -0.119. The minimum absolute atomic E-state index is 0.194. The first kappa shape index (κ1) is 10.7. The number of hydrogen-bond donors (Lipinski definition) is 1. The molecule has 0 aromatic carbocycles. The van der Waals surface area contributed by atoms with Crippen LogP contribution in [0.15, 0.2) is 11.7 Å². The van der Waals surface area contributed by atoms with Crippen molar-refractivity contribution in [3.8, 4) is 0 Å². The molecule has 1 atom stereocenters. The third kappa shape index (κ3) is 3.37. The van der Waals surface area contributed by atoms with Gasteiger partial charge in [0.25, 0.3) is 0 Å². The minimum atomic E-state index is 0.194. The maximum Gasteiger partial charge on any atom is 0.139 e. The fourth-order valence-electron chi connectivity index (χ4n) is 1.62. The van der Waals surface area contributed by atoms with Crippen molar-refractivity contribution in [3.63, 3.8) is 0 Å². The van der Waals surface area contributed by atoms with Gasteiger partial charge in [0.2, 0.25) is 0 Å². The van der Waals surface area contributed by atoms with Gasteiger partial charge in [0, 0.05) is 36.5 Å². The zero-order valence-electron chi connectivity index (χ0n) is 8.44. The van der Waals surface area contributed by atoms with E-state index in [1.165, 1.54) is 11.3 Å². The Kier molecular flexibility index (Phi) is 3.82. The second kappa shape index (κ2) is 5.34. The number of nitrogens with one attached hydrogen (secondary N) is 1. The number of ether oxygens (including phenoxy) is 1. The molecule has 0 amide bonds. The SMILES string of the molecule is O=C(Cc1cncs1)CC1COCCN1. The minimum Gasteiger partial charge on any atom is -0.379 e. The average Bonchev–Trinajstić information content (AvgIpc) is 2.71. The highest BCUT2D eigenvalue weighted by atomic mass is 32.1. The summed E-state index contributed by atoms with van der Waals surface area (Å²) in [7, 11) is 0. The van der Waals surface area contributed by atoms with Crippen molar-refractivity contribution >= 4 is 17.1 Å². The van der Waals surface area contributed by atoms with Crippen LogP contribution in [-0.4, -0.2) is 36.6 Å². The standard InChI is InChI=1S/C10H14N2O2S/c13-9(4-10-5-11-7-15-10)3-8-6-14-2-1-12-8/h5,7-8,12H,1-4,6H2. The number of morpholine rings is 1. The monoisotopic (exact) mass is 226 g/mol. The fraction of sp³-hybridized carbons (Fsp3) is 0.600. The van der Waals surface area contributed by atoms with E-state index in [0.717, 1.165) is 18.0 Å². The van der Waals surface area contributed by atoms with Crippen LogP contribution in [0.3, 0.4) is 0 Å². The Balaban J connectivity index is 1.76. The molecule has 0 radical (unpaired) electrons. The van der Waals surface area contributed by atoms with Crippen LogP contribution in [0.2, 0.25) is 0 Å². The summed E-state index contributed by atoms with van der Waals surface area (Å²) in [6.45, 7) is 2.24. The molecule has 4 nitrogen and oxygen atoms in total. The van der Waals surface area contributed by atoms with Crippen molar-refractivity contribution in [2.75, 3.05) is 19.8 Å². The summed E-state index contributed by atoms with van der Waals surface area (Å²) in [6, 6.07) is 0.194. The van der Waals surface area contributed by atoms with E-state index in [9.17, 15) is 4.79 Å². The van der Waals surface area contributed by atoms with Gasteiger partial charge in [-0.2, -0.15) is 0 Å². The summed E-state index contributed by atoms with van der Waals surface area (Å²) < 4.78 is 5.29. The number of nitrogens with zero attached hydrogens (tertiary/aromatic N) is 1. The zero-order chi connectivity index (χ0) is 10.5. The molecular weight excluding hydrogens is 212 g/mol. The van der Waals surface area contributed by atoms with Crippen LogP contribution in [0.25, 0.3) is 0 Å². The smallest absolute Gasteiger partial charge is 0.139 e. The zero-order valence-corrected chi connectivity index (χ0v) is 9.26. The summed E-state index contributed by atoms with van der Waals surface area (Å²) in [5.74, 6) is 0.252. The molecule has 1 unspecified atom stereocenters. The molecule has 5 heteroatoms. The first-order valence-electron chi connectivity index (χ1n) is 5.05. The van der Waals surface area contributed by atoms with Crippen molar-refractivity contribution < 1.29 is 9.53 Å². The molecule has 0 spiro atoms. The van der Waals surface area contributed by atoms with Gasteiger partial charge in [-0.05, 0) is 0 Å². The molecule has 0 saturated carbocycles. The summed E-state index contributed by atoms with van der Waals surface area (Å²) in [5, 5.41) is 3.27. The van der Waals surface area contributed by atoms with E-state index < -0.39 is 0 Å². The number of Topliss-reactive ketones (excluding diaryl/α,β-unsaturated/α-hetero) is 1. The lowest BCUT2D eigenvalue weighted by Crippen LogP contribution is -2.42. The number of carbonyl (C=O) groups excluding carboxylic acids is 1. The topological polar surface area (TPSA) is 51.2 Å². The molecule has 1 aromatic heterocycles. The Morgan fingerprint density at radius 3 is 3.33 bits per heavy atom. The van der Waals surface area contributed by atoms with Gasteiger partial charge in [-0.3, -0.25) is 9.78 Å². The quantitative estimate of drug-likeness (QED) is 0.818. The highest BCUT2D eigenvalue weighted by molar-refractivity contribution is 7.09. The first-order valence-corrected chi connectivity index (χ1v) is 5.93. The average molecular weight is 226 g/mol. The Bertz CT molecular complexity index is 307. The van der Waals surface area contributed by atoms with E-state index in [0.29, 0.717) is 19.4 Å². The van der Waals surface area contributed by atoms with E-state index in [2.05, 4.69) is 10.3 Å². The lowest BCUT2D eigenvalue weighted by Gasteiger charge is -2.22. The molecule has 2 rings (SSSR count). The van der Waals surface area contributed by atoms with E-state index >= 15 is 0 Å². The van der Waals surface area contributed by atoms with Crippen LogP contribution in [0.5, 0.6) is 0 Å². The van der Waals surface area contributed by atoms with Gasteiger partial charge in [0.05, 0.1) is 18.7 Å². The van der Waals surface area contributed by atoms with Crippen LogP contribution in [-0.2, 0) is 16.0 Å². The molecule has 1 aromatic rings. The molecule has 0 aliphatic carbocycles. The summed E-state index contributed by atoms with van der Waals surface area (Å²) >= 11 is 1.53. The summed E-state index contributed by atoms with van der Waals surface area (Å²) in [6.07, 6.45) is 2.81. The Labute approximate surface area is 92.7 Å². The third-order valence-corrected chi connectivity index (χ3v) is 3.11. The van der Waals surface area contributed by atoms with E-state index in [1.807, 2.05) is 0 Å². The number of hydrogen-bond acceptors (Lipinski definition) is 5. The maximum atomic E-state index is 11.7. The number of rotatable bonds is 4. The number of aromatic nitrogens is 1. The second-order valence-corrected chi connectivity index (χ2v) is 4.58. The van der Waals surface area contributed by atoms with Gasteiger partial charge in [-0.1, -0.05) is 0 Å². The molecular formula is C10H14N2O2S. The molecule has 1 aliphatic heterocycles. The first-order chi connectivity index (χ1) is 7.34. The van der Waals surface area contributed by atoms with Gasteiger partial charge in [-0.15, -0.1) is 11.3 Å². The van der Waals surface area contributed by atoms with Gasteiger partial charge >= 0.3 is 0 Å². The molecule has 82 valence electrons. The van der Waals surface area contributed by atoms with Crippen LogP contribution < -0.4 is 5.32 Å². The normalized spacial score (nSPS) is 21.5. The highest BCUT2D eigenvalue weighted by Gasteiger charge is 2.17. The Morgan fingerprint density at radius 2 is 2.67 bits per heavy atom. The van der Waals surface area contributed by atoms with E-state index in [1.54, 1.807) is 11.7 Å². The van der Waals surface area contributed by atoms with Crippen LogP contribution in [0.4, 0.5) is 0 Å². The molecule has 1 N–H and O–H groups in total. The third-order valence-electron chi connectivity index (χ3n) is 2.33. The van der Waals surface area contributed by atoms with Gasteiger partial charge in [0.15, 0.2) is 0 Å². The highest BCUT2D eigenvalue weighted by Crippen LogP contribution is 2.09. The van der Waals surface area contributed by atoms with Crippen molar-refractivity contribution in [3.05, 3.63) is 16.6 Å². The number of ketones is 1. The molecule has 1 saturated heterocycles. The van der Waals surface area contributed by atoms with Crippen LogP contribution in [0.1, 0.15) is 11.3 Å². The predicted octanol–water partition coefficient (Wildman–Crippen LogP) is 0.633. The van der Waals surface area contributed by atoms with Gasteiger partial charge in [0.1, 0.15) is 5.78 Å². The van der Waals surface area contributed by atoms with Gasteiger partial charge in [-0.25, -0.2) is 0 Å². The Morgan fingerprint density at radius 1 is 1.73 bits per heavy atom. The Hall–Kier alpha value is -0.780. The van der Waals surface area contributed by atoms with E-state index in [4.69, 9.17) is 4.74 Å². The van der Waals surface area contributed by atoms with Crippen molar-refractivity contribution in [2.24, 2.45) is 0 Å². The van der Waals surface area contributed by atoms with Crippen molar-refractivity contribution in [2.45, 2.75) is 18.9 Å². The number of thiazole rings is 1. The van der Waals surface area contributed by atoms with E-state index in [-0.39, 0.29) is 11.8 Å². The molecule has 2 heterocycles. The fourth-order valence-corrected chi connectivity index (χ4v) is 2.24. The molecule has 1 aliphatic rings. The second-order valence-electron chi connectivity index (χ2n) is 3.61. The van der Waals surface area contributed by atoms with Crippen molar-refractivity contribution in [1.82, 2.24) is 10.3 Å². The molecule has 0 bridgehead atoms. The lowest BCUT2D eigenvalue weighted by atomic mass is 10.1. The molecule has 1 fully saturated rings. The predicted molar refractivity (Wildman–Crippen MR) is 58.1 cm³/mol. The van der Waals surface area contributed by atoms with Gasteiger partial charge < -0.3 is 10.1 Å². The van der Waals surface area contributed by atoms with Crippen molar-refractivity contribution in [1.29, 1.82) is 0 Å². The maximum absolute atomic E-state index is 11.7. The molecule has 15 heavy (non-hydrogen) atoms. The summed E-state index contributed by atoms with van der Waals surface area (Å²) in [4.78, 5) is 16.6. The summed E-state index contributed by atoms with van der Waals surface area (Å²) in [5.41, 5.74) is 1.75. The van der Waals surface area contributed by atoms with Crippen LogP contribution in [0, 0.1) is 0 Å². The largest absolute Gasteiger partial charge is 0.379 e. The number of carbonyl (C=O) groups is 1. The van der Waals surface area contributed by atoms with Crippen LogP contribution >= 0.6 is 11.3 Å².